The van der Waals surface area contributed by atoms with Crippen LogP contribution >= 0.6 is 0 Å². The first kappa shape index (κ1) is 19.2. The lowest BCUT2D eigenvalue weighted by molar-refractivity contribution is -0.113. The Labute approximate surface area is 153 Å². The molecule has 8 N–H and O–H groups in total. The minimum atomic E-state index is -0.481. The number of H-pyrrole nitrogens is 1. The lowest BCUT2D eigenvalue weighted by Gasteiger charge is -2.04. The number of nitrogens with one attached hydrogen (secondary N) is 1. The highest BCUT2D eigenvalue weighted by molar-refractivity contribution is 5.85. The third-order valence-electron chi connectivity index (χ3n) is 4.42. The molecule has 1 saturated carbocycles. The Morgan fingerprint density at radius 2 is 1.85 bits per heavy atom. The van der Waals surface area contributed by atoms with E-state index in [1.807, 2.05) is 12.1 Å². The standard InChI is InChI=1S/C17H21N3O.C3H5NO/c18-14(13-7-3-4-8-16(13)21)9-12-10-15(20-17(12)19)11-5-1-2-6-11;1-2-3(4)5/h3-4,7-11,20-21H,1-2,5-6,18-19H2;2H,1H2,(H2,4,5)/b14-9-;. The normalized spacial score (nSPS) is 14.5. The van der Waals surface area contributed by atoms with E-state index < -0.39 is 5.91 Å². The molecule has 0 atom stereocenters. The Balaban J connectivity index is 0.000000431. The zero-order valence-corrected chi connectivity index (χ0v) is 14.7. The van der Waals surface area contributed by atoms with Gasteiger partial charge in [-0.15, -0.1) is 0 Å². The van der Waals surface area contributed by atoms with Crippen molar-refractivity contribution >= 4 is 23.5 Å². The van der Waals surface area contributed by atoms with Crippen LogP contribution in [0.15, 0.2) is 43.0 Å². The fourth-order valence-electron chi connectivity index (χ4n) is 3.05. The second kappa shape index (κ2) is 8.80. The quantitative estimate of drug-likeness (QED) is 0.540. The van der Waals surface area contributed by atoms with Crippen LogP contribution in [-0.4, -0.2) is 16.0 Å². The van der Waals surface area contributed by atoms with Gasteiger partial charge in [-0.2, -0.15) is 0 Å². The Kier molecular flexibility index (Phi) is 6.49. The molecule has 0 spiro atoms. The highest BCUT2D eigenvalue weighted by atomic mass is 16.3. The third-order valence-corrected chi connectivity index (χ3v) is 4.42. The van der Waals surface area contributed by atoms with E-state index in [1.54, 1.807) is 18.2 Å². The van der Waals surface area contributed by atoms with Gasteiger partial charge in [-0.25, -0.2) is 0 Å². The number of phenols is 1. The van der Waals surface area contributed by atoms with Gasteiger partial charge in [-0.1, -0.05) is 31.6 Å². The molecule has 1 aromatic carbocycles. The van der Waals surface area contributed by atoms with Gasteiger partial charge >= 0.3 is 0 Å². The van der Waals surface area contributed by atoms with Crippen LogP contribution in [0.4, 0.5) is 5.82 Å². The second-order valence-corrected chi connectivity index (χ2v) is 6.30. The topological polar surface area (TPSA) is 131 Å². The van der Waals surface area contributed by atoms with Gasteiger partial charge in [0.05, 0.1) is 0 Å². The minimum Gasteiger partial charge on any atom is -0.507 e. The number of aromatic hydroxyl groups is 1. The summed E-state index contributed by atoms with van der Waals surface area (Å²) in [6.07, 6.45) is 7.89. The summed E-state index contributed by atoms with van der Waals surface area (Å²) in [5.41, 5.74) is 19.9. The van der Waals surface area contributed by atoms with Crippen LogP contribution in [0, 0.1) is 0 Å². The molecule has 26 heavy (non-hydrogen) atoms. The van der Waals surface area contributed by atoms with Crippen LogP contribution in [0.1, 0.15) is 48.4 Å². The molecule has 1 aliphatic carbocycles. The van der Waals surface area contributed by atoms with Gasteiger partial charge in [0.15, 0.2) is 0 Å². The van der Waals surface area contributed by atoms with Crippen molar-refractivity contribution < 1.29 is 9.90 Å². The first-order valence-electron chi connectivity index (χ1n) is 8.58. The number of aromatic amines is 1. The van der Waals surface area contributed by atoms with Crippen LogP contribution in [0.2, 0.25) is 0 Å². The summed E-state index contributed by atoms with van der Waals surface area (Å²) in [7, 11) is 0. The number of hydrogen-bond acceptors (Lipinski definition) is 4. The number of primary amides is 1. The molecular formula is C20H26N4O2. The van der Waals surface area contributed by atoms with Crippen molar-refractivity contribution in [1.82, 2.24) is 4.98 Å². The molecule has 0 aliphatic heterocycles. The Bertz CT molecular complexity index is 802. The van der Waals surface area contributed by atoms with E-state index in [0.717, 1.165) is 11.6 Å². The van der Waals surface area contributed by atoms with Crippen molar-refractivity contribution in [3.63, 3.8) is 0 Å². The van der Waals surface area contributed by atoms with E-state index in [2.05, 4.69) is 23.4 Å². The number of benzene rings is 1. The molecule has 1 fully saturated rings. The lowest BCUT2D eigenvalue weighted by Crippen LogP contribution is -2.04. The summed E-state index contributed by atoms with van der Waals surface area (Å²) in [5.74, 6) is 0.914. The zero-order chi connectivity index (χ0) is 19.1. The summed E-state index contributed by atoms with van der Waals surface area (Å²) >= 11 is 0. The van der Waals surface area contributed by atoms with E-state index in [0.29, 0.717) is 23.0 Å². The van der Waals surface area contributed by atoms with Crippen LogP contribution in [-0.2, 0) is 4.79 Å². The molecule has 0 bridgehead atoms. The first-order valence-corrected chi connectivity index (χ1v) is 8.58. The number of aromatic nitrogens is 1. The second-order valence-electron chi connectivity index (χ2n) is 6.30. The average Bonchev–Trinajstić information content (AvgIpc) is 3.26. The predicted octanol–water partition coefficient (Wildman–Crippen LogP) is 3.07. The summed E-state index contributed by atoms with van der Waals surface area (Å²) in [5, 5.41) is 9.85. The molecule has 0 radical (unpaired) electrons. The Hall–Kier alpha value is -3.15. The number of para-hydroxylation sites is 1. The van der Waals surface area contributed by atoms with Gasteiger partial charge in [0, 0.05) is 22.5 Å². The lowest BCUT2D eigenvalue weighted by atomic mass is 10.0. The van der Waals surface area contributed by atoms with E-state index in [4.69, 9.17) is 11.5 Å². The predicted molar refractivity (Wildman–Crippen MR) is 106 cm³/mol. The largest absolute Gasteiger partial charge is 0.507 e. The maximum Gasteiger partial charge on any atom is 0.240 e. The van der Waals surface area contributed by atoms with Gasteiger partial charge in [0.1, 0.15) is 11.6 Å². The van der Waals surface area contributed by atoms with Crippen molar-refractivity contribution in [1.29, 1.82) is 0 Å². The average molecular weight is 354 g/mol. The number of nitrogens with two attached hydrogens (primary N) is 3. The van der Waals surface area contributed by atoms with Gasteiger partial charge in [0.2, 0.25) is 5.91 Å². The van der Waals surface area contributed by atoms with Crippen LogP contribution < -0.4 is 17.2 Å². The molecular weight excluding hydrogens is 328 g/mol. The molecule has 138 valence electrons. The summed E-state index contributed by atoms with van der Waals surface area (Å²) < 4.78 is 0. The van der Waals surface area contributed by atoms with Gasteiger partial charge < -0.3 is 27.3 Å². The van der Waals surface area contributed by atoms with Crippen molar-refractivity contribution in [3.8, 4) is 5.75 Å². The third kappa shape index (κ3) is 4.92. The number of rotatable bonds is 4. The number of carbonyl (C=O) groups is 1. The molecule has 2 aromatic rings. The van der Waals surface area contributed by atoms with Crippen molar-refractivity contribution in [2.24, 2.45) is 11.5 Å². The Morgan fingerprint density at radius 1 is 1.23 bits per heavy atom. The summed E-state index contributed by atoms with van der Waals surface area (Å²) in [6.45, 7) is 3.09. The molecule has 1 amide bonds. The Morgan fingerprint density at radius 3 is 2.42 bits per heavy atom. The fourth-order valence-corrected chi connectivity index (χ4v) is 3.05. The highest BCUT2D eigenvalue weighted by Crippen LogP contribution is 2.35. The van der Waals surface area contributed by atoms with Crippen molar-refractivity contribution in [2.75, 3.05) is 5.73 Å². The number of phenolic OH excluding ortho intramolecular Hbond substituents is 1. The maximum absolute atomic E-state index is 9.85. The fraction of sp³-hybridized carbons (Fsp3) is 0.250. The smallest absolute Gasteiger partial charge is 0.240 e. The highest BCUT2D eigenvalue weighted by Gasteiger charge is 2.19. The molecule has 1 aliphatic rings. The molecule has 3 rings (SSSR count). The molecule has 1 aromatic heterocycles. The number of amides is 1. The SMILES string of the molecule is C=CC(N)=O.N/C(=C\c1cc(C2CCCC2)[nH]c1N)c1ccccc1O. The van der Waals surface area contributed by atoms with Crippen LogP contribution in [0.25, 0.3) is 11.8 Å². The van der Waals surface area contributed by atoms with E-state index in [9.17, 15) is 9.90 Å². The monoisotopic (exact) mass is 354 g/mol. The van der Waals surface area contributed by atoms with Gasteiger partial charge in [-0.3, -0.25) is 4.79 Å². The first-order chi connectivity index (χ1) is 12.4. The molecule has 0 saturated heterocycles. The van der Waals surface area contributed by atoms with Crippen LogP contribution in [0.5, 0.6) is 5.75 Å². The van der Waals surface area contributed by atoms with E-state index in [1.165, 1.54) is 31.4 Å². The number of hydrogen-bond donors (Lipinski definition) is 5. The van der Waals surface area contributed by atoms with E-state index in [-0.39, 0.29) is 5.75 Å². The van der Waals surface area contributed by atoms with Crippen LogP contribution in [0.3, 0.4) is 0 Å². The summed E-state index contributed by atoms with van der Waals surface area (Å²) in [4.78, 5) is 12.7. The minimum absolute atomic E-state index is 0.177. The molecule has 1 heterocycles. The van der Waals surface area contributed by atoms with Crippen molar-refractivity contribution in [3.05, 3.63) is 59.8 Å². The summed E-state index contributed by atoms with van der Waals surface area (Å²) in [6, 6.07) is 9.12. The van der Waals surface area contributed by atoms with Gasteiger partial charge in [0.25, 0.3) is 0 Å². The number of nitrogen functional groups attached to an aromatic ring is 1. The zero-order valence-electron chi connectivity index (χ0n) is 14.7. The van der Waals surface area contributed by atoms with E-state index >= 15 is 0 Å². The van der Waals surface area contributed by atoms with Gasteiger partial charge in [-0.05, 0) is 49.1 Å². The van der Waals surface area contributed by atoms with Crippen molar-refractivity contribution in [2.45, 2.75) is 31.6 Å². The number of anilines is 1. The molecule has 6 nitrogen and oxygen atoms in total. The maximum atomic E-state index is 9.85. The molecule has 6 heteroatoms. The number of carbonyl (C=O) groups excluding carboxylic acids is 1. The molecule has 0 unspecified atom stereocenters.